The van der Waals surface area contributed by atoms with Gasteiger partial charge in [0.15, 0.2) is 0 Å². The maximum atomic E-state index is 11.8. The molecule has 0 aromatic heterocycles. The fraction of sp³-hybridized carbons (Fsp3) is 0.429. The van der Waals surface area contributed by atoms with E-state index in [4.69, 9.17) is 5.11 Å². The number of carboxylic acid groups (broad SMARTS) is 1. The first-order valence-corrected chi connectivity index (χ1v) is 6.12. The third-order valence-electron chi connectivity index (χ3n) is 2.80. The predicted molar refractivity (Wildman–Crippen MR) is 70.7 cm³/mol. The highest BCUT2D eigenvalue weighted by molar-refractivity contribution is 5.92. The number of amides is 1. The topological polar surface area (TPSA) is 57.6 Å². The number of rotatable bonds is 6. The van der Waals surface area contributed by atoms with Gasteiger partial charge >= 0.3 is 5.97 Å². The van der Waals surface area contributed by atoms with E-state index in [1.807, 2.05) is 6.92 Å². The van der Waals surface area contributed by atoms with E-state index in [0.29, 0.717) is 6.42 Å². The molecule has 0 fully saturated rings. The first-order chi connectivity index (χ1) is 8.54. The molecule has 1 aromatic rings. The highest BCUT2D eigenvalue weighted by atomic mass is 16.4. The van der Waals surface area contributed by atoms with Gasteiger partial charge in [-0.3, -0.25) is 9.59 Å². The van der Waals surface area contributed by atoms with Gasteiger partial charge in [0.2, 0.25) is 5.91 Å². The van der Waals surface area contributed by atoms with Crippen LogP contribution in [0.3, 0.4) is 0 Å². The Morgan fingerprint density at radius 3 is 2.33 bits per heavy atom. The summed E-state index contributed by atoms with van der Waals surface area (Å²) in [5.74, 6) is -0.766. The molecule has 0 saturated carbocycles. The Morgan fingerprint density at radius 2 is 1.83 bits per heavy atom. The zero-order chi connectivity index (χ0) is 13.5. The van der Waals surface area contributed by atoms with Crippen molar-refractivity contribution in [2.24, 2.45) is 0 Å². The summed E-state index contributed by atoms with van der Waals surface area (Å²) in [4.78, 5) is 24.0. The van der Waals surface area contributed by atoms with E-state index in [0.717, 1.165) is 24.1 Å². The minimum Gasteiger partial charge on any atom is -0.481 e. The normalized spacial score (nSPS) is 10.1. The van der Waals surface area contributed by atoms with Gasteiger partial charge in [0.25, 0.3) is 0 Å². The Morgan fingerprint density at radius 1 is 1.22 bits per heavy atom. The molecule has 0 radical (unpaired) electrons. The first-order valence-electron chi connectivity index (χ1n) is 6.12. The lowest BCUT2D eigenvalue weighted by molar-refractivity contribution is -0.136. The smallest absolute Gasteiger partial charge is 0.307 e. The zero-order valence-electron chi connectivity index (χ0n) is 10.8. The van der Waals surface area contributed by atoms with Crippen molar-refractivity contribution in [3.8, 4) is 0 Å². The molecule has 1 amide bonds. The molecule has 0 aliphatic rings. The van der Waals surface area contributed by atoms with Crippen molar-refractivity contribution in [3.05, 3.63) is 29.8 Å². The van der Waals surface area contributed by atoms with Gasteiger partial charge in [0.05, 0.1) is 6.42 Å². The number of carboxylic acids is 1. The van der Waals surface area contributed by atoms with E-state index in [9.17, 15) is 9.59 Å². The molecule has 1 aromatic carbocycles. The predicted octanol–water partition coefficient (Wildman–Crippen LogP) is 2.47. The Bertz CT molecular complexity index is 412. The summed E-state index contributed by atoms with van der Waals surface area (Å²) in [6.07, 6.45) is 2.44. The molecular weight excluding hydrogens is 230 g/mol. The summed E-state index contributed by atoms with van der Waals surface area (Å²) in [6, 6.07) is 7.05. The number of hydrogen-bond acceptors (Lipinski definition) is 2. The lowest BCUT2D eigenvalue weighted by Crippen LogP contribution is -2.25. The van der Waals surface area contributed by atoms with E-state index in [2.05, 4.69) is 0 Å². The highest BCUT2D eigenvalue weighted by Gasteiger charge is 2.10. The van der Waals surface area contributed by atoms with Crippen LogP contribution in [-0.4, -0.2) is 24.0 Å². The van der Waals surface area contributed by atoms with Gasteiger partial charge in [-0.05, 0) is 24.1 Å². The van der Waals surface area contributed by atoms with Gasteiger partial charge in [-0.2, -0.15) is 0 Å². The molecule has 18 heavy (non-hydrogen) atoms. The molecule has 1 N–H and O–H groups in total. The van der Waals surface area contributed by atoms with Gasteiger partial charge in [-0.1, -0.05) is 25.5 Å². The highest BCUT2D eigenvalue weighted by Crippen LogP contribution is 2.15. The summed E-state index contributed by atoms with van der Waals surface area (Å²) >= 11 is 0. The second kappa shape index (κ2) is 6.79. The molecule has 1 rings (SSSR count). The molecule has 4 nitrogen and oxygen atoms in total. The second-order valence-electron chi connectivity index (χ2n) is 4.29. The van der Waals surface area contributed by atoms with Crippen LogP contribution in [-0.2, 0) is 16.0 Å². The molecule has 0 saturated heterocycles. The van der Waals surface area contributed by atoms with Crippen LogP contribution in [0.15, 0.2) is 24.3 Å². The SMILES string of the molecule is CCCCC(=O)N(C)c1ccc(CC(=O)O)cc1. The van der Waals surface area contributed by atoms with E-state index < -0.39 is 5.97 Å². The molecule has 4 heteroatoms. The molecule has 0 unspecified atom stereocenters. The maximum absolute atomic E-state index is 11.8. The van der Waals surface area contributed by atoms with Gasteiger partial charge in [0.1, 0.15) is 0 Å². The van der Waals surface area contributed by atoms with Crippen molar-refractivity contribution in [1.29, 1.82) is 0 Å². The number of hydrogen-bond donors (Lipinski definition) is 1. The van der Waals surface area contributed by atoms with Gasteiger partial charge in [0, 0.05) is 19.2 Å². The van der Waals surface area contributed by atoms with E-state index in [1.165, 1.54) is 0 Å². The van der Waals surface area contributed by atoms with Crippen molar-refractivity contribution >= 4 is 17.6 Å². The van der Waals surface area contributed by atoms with Crippen molar-refractivity contribution in [3.63, 3.8) is 0 Å². The largest absolute Gasteiger partial charge is 0.481 e. The van der Waals surface area contributed by atoms with Crippen LogP contribution in [0.2, 0.25) is 0 Å². The molecular formula is C14H19NO3. The van der Waals surface area contributed by atoms with Crippen LogP contribution >= 0.6 is 0 Å². The van der Waals surface area contributed by atoms with Gasteiger partial charge < -0.3 is 10.0 Å². The van der Waals surface area contributed by atoms with Crippen molar-refractivity contribution in [2.45, 2.75) is 32.6 Å². The van der Waals surface area contributed by atoms with Crippen LogP contribution < -0.4 is 4.90 Å². The Hall–Kier alpha value is -1.84. The first kappa shape index (κ1) is 14.2. The second-order valence-corrected chi connectivity index (χ2v) is 4.29. The Labute approximate surface area is 107 Å². The van der Waals surface area contributed by atoms with Crippen LogP contribution in [0, 0.1) is 0 Å². The fourth-order valence-electron chi connectivity index (χ4n) is 1.65. The quantitative estimate of drug-likeness (QED) is 0.842. The fourth-order valence-corrected chi connectivity index (χ4v) is 1.65. The van der Waals surface area contributed by atoms with Crippen molar-refractivity contribution in [2.75, 3.05) is 11.9 Å². The lowest BCUT2D eigenvalue weighted by atomic mass is 10.1. The number of nitrogens with zero attached hydrogens (tertiary/aromatic N) is 1. The third-order valence-corrected chi connectivity index (χ3v) is 2.80. The van der Waals surface area contributed by atoms with Gasteiger partial charge in [-0.15, -0.1) is 0 Å². The molecule has 0 spiro atoms. The van der Waals surface area contributed by atoms with E-state index in [-0.39, 0.29) is 12.3 Å². The summed E-state index contributed by atoms with van der Waals surface area (Å²) in [7, 11) is 1.74. The number of anilines is 1. The van der Waals surface area contributed by atoms with Crippen LogP contribution in [0.1, 0.15) is 31.7 Å². The average molecular weight is 249 g/mol. The van der Waals surface area contributed by atoms with Crippen molar-refractivity contribution in [1.82, 2.24) is 0 Å². The number of aliphatic carboxylic acids is 1. The summed E-state index contributed by atoms with van der Waals surface area (Å²) < 4.78 is 0. The Balaban J connectivity index is 2.66. The summed E-state index contributed by atoms with van der Waals surface area (Å²) in [6.45, 7) is 2.05. The zero-order valence-corrected chi connectivity index (χ0v) is 10.8. The summed E-state index contributed by atoms with van der Waals surface area (Å²) in [5.41, 5.74) is 1.53. The molecule has 0 aliphatic carbocycles. The lowest BCUT2D eigenvalue weighted by Gasteiger charge is -2.17. The minimum absolute atomic E-state index is 0.00771. The minimum atomic E-state index is -0.852. The molecule has 98 valence electrons. The standard InChI is InChI=1S/C14H19NO3/c1-3-4-5-13(16)15(2)12-8-6-11(7-9-12)10-14(17)18/h6-9H,3-5,10H2,1-2H3,(H,17,18). The molecule has 0 heterocycles. The monoisotopic (exact) mass is 249 g/mol. The van der Waals surface area contributed by atoms with E-state index in [1.54, 1.807) is 36.2 Å². The van der Waals surface area contributed by atoms with E-state index >= 15 is 0 Å². The van der Waals surface area contributed by atoms with Crippen LogP contribution in [0.25, 0.3) is 0 Å². The maximum Gasteiger partial charge on any atom is 0.307 e. The van der Waals surface area contributed by atoms with Crippen molar-refractivity contribution < 1.29 is 14.7 Å². The Kier molecular flexibility index (Phi) is 5.36. The molecule has 0 bridgehead atoms. The third kappa shape index (κ3) is 4.20. The summed E-state index contributed by atoms with van der Waals surface area (Å²) in [5, 5.41) is 8.67. The van der Waals surface area contributed by atoms with Crippen LogP contribution in [0.5, 0.6) is 0 Å². The molecule has 0 atom stereocenters. The number of carbonyl (C=O) groups excluding carboxylic acids is 1. The average Bonchev–Trinajstić information content (AvgIpc) is 2.35. The number of carbonyl (C=O) groups is 2. The number of unbranched alkanes of at least 4 members (excludes halogenated alkanes) is 1. The molecule has 0 aliphatic heterocycles. The number of benzene rings is 1. The van der Waals surface area contributed by atoms with Crippen LogP contribution in [0.4, 0.5) is 5.69 Å². The van der Waals surface area contributed by atoms with Gasteiger partial charge in [-0.25, -0.2) is 0 Å².